The standard InChI is InChI=1S/C22H14N2O3/c25-20-15-8-4-5-9-19(15)27-21-17(20)12-16-18(23-21)10-11-24(22(16)26)13-14-6-2-1-3-7-14/h1-12H,13H2. The molecular formula is C22H14N2O3. The first-order chi connectivity index (χ1) is 13.2. The van der Waals surface area contributed by atoms with Crippen LogP contribution in [0.3, 0.4) is 0 Å². The zero-order valence-corrected chi connectivity index (χ0v) is 14.3. The number of nitrogens with zero attached hydrogens (tertiary/aromatic N) is 2. The minimum atomic E-state index is -0.182. The SMILES string of the molecule is O=c1c2ccccc2oc2nc3ccn(Cc4ccccc4)c(=O)c3cc12. The summed E-state index contributed by atoms with van der Waals surface area (Å²) in [6.45, 7) is 0.458. The molecule has 0 saturated carbocycles. The summed E-state index contributed by atoms with van der Waals surface area (Å²) < 4.78 is 7.40. The quantitative estimate of drug-likeness (QED) is 0.453. The molecule has 0 radical (unpaired) electrons. The van der Waals surface area contributed by atoms with Crippen LogP contribution >= 0.6 is 0 Å². The molecule has 0 fully saturated rings. The molecule has 0 saturated heterocycles. The monoisotopic (exact) mass is 354 g/mol. The molecule has 0 unspecified atom stereocenters. The average Bonchev–Trinajstić information content (AvgIpc) is 2.70. The van der Waals surface area contributed by atoms with Crippen LogP contribution in [0.5, 0.6) is 0 Å². The molecule has 3 aromatic heterocycles. The normalized spacial score (nSPS) is 11.4. The summed E-state index contributed by atoms with van der Waals surface area (Å²) in [5.41, 5.74) is 1.90. The molecule has 0 N–H and O–H groups in total. The third kappa shape index (κ3) is 2.52. The number of pyridine rings is 2. The van der Waals surface area contributed by atoms with E-state index in [1.165, 1.54) is 0 Å². The lowest BCUT2D eigenvalue weighted by Gasteiger charge is -2.08. The van der Waals surface area contributed by atoms with Gasteiger partial charge in [-0.15, -0.1) is 0 Å². The Kier molecular flexibility index (Phi) is 3.40. The summed E-state index contributed by atoms with van der Waals surface area (Å²) >= 11 is 0. The van der Waals surface area contributed by atoms with Gasteiger partial charge in [0.25, 0.3) is 5.56 Å². The zero-order valence-electron chi connectivity index (χ0n) is 14.3. The fraction of sp³-hybridized carbons (Fsp3) is 0.0455. The first-order valence-electron chi connectivity index (χ1n) is 8.60. The van der Waals surface area contributed by atoms with Gasteiger partial charge in [-0.25, -0.2) is 4.98 Å². The second-order valence-electron chi connectivity index (χ2n) is 6.44. The van der Waals surface area contributed by atoms with Crippen LogP contribution in [-0.2, 0) is 6.54 Å². The largest absolute Gasteiger partial charge is 0.437 e. The summed E-state index contributed by atoms with van der Waals surface area (Å²) in [6.07, 6.45) is 1.72. The van der Waals surface area contributed by atoms with Gasteiger partial charge in [0.2, 0.25) is 11.1 Å². The van der Waals surface area contributed by atoms with Gasteiger partial charge in [-0.3, -0.25) is 9.59 Å². The number of para-hydroxylation sites is 1. The molecular weight excluding hydrogens is 340 g/mol. The van der Waals surface area contributed by atoms with Crippen LogP contribution in [-0.4, -0.2) is 9.55 Å². The van der Waals surface area contributed by atoms with E-state index in [1.807, 2.05) is 30.3 Å². The van der Waals surface area contributed by atoms with Crippen molar-refractivity contribution in [3.63, 3.8) is 0 Å². The molecule has 0 aliphatic rings. The highest BCUT2D eigenvalue weighted by molar-refractivity contribution is 5.94. The van der Waals surface area contributed by atoms with Crippen LogP contribution < -0.4 is 11.0 Å². The smallest absolute Gasteiger partial charge is 0.260 e. The van der Waals surface area contributed by atoms with Gasteiger partial charge >= 0.3 is 0 Å². The minimum Gasteiger partial charge on any atom is -0.437 e. The Balaban J connectivity index is 1.77. The molecule has 0 aliphatic heterocycles. The Hall–Kier alpha value is -3.73. The number of hydrogen-bond donors (Lipinski definition) is 0. The van der Waals surface area contributed by atoms with E-state index in [-0.39, 0.29) is 16.7 Å². The second-order valence-corrected chi connectivity index (χ2v) is 6.44. The van der Waals surface area contributed by atoms with Crippen molar-refractivity contribution >= 4 is 33.0 Å². The lowest BCUT2D eigenvalue weighted by Crippen LogP contribution is -2.20. The molecule has 5 rings (SSSR count). The van der Waals surface area contributed by atoms with Crippen molar-refractivity contribution in [2.45, 2.75) is 6.54 Å². The molecule has 0 amide bonds. The zero-order chi connectivity index (χ0) is 18.4. The molecule has 27 heavy (non-hydrogen) atoms. The van der Waals surface area contributed by atoms with Crippen molar-refractivity contribution in [1.29, 1.82) is 0 Å². The third-order valence-corrected chi connectivity index (χ3v) is 4.70. The van der Waals surface area contributed by atoms with Crippen molar-refractivity contribution in [1.82, 2.24) is 9.55 Å². The topological polar surface area (TPSA) is 65.1 Å². The van der Waals surface area contributed by atoms with E-state index in [0.717, 1.165) is 5.56 Å². The van der Waals surface area contributed by atoms with Gasteiger partial charge in [-0.05, 0) is 29.8 Å². The maximum atomic E-state index is 12.9. The molecule has 3 heterocycles. The summed E-state index contributed by atoms with van der Waals surface area (Å²) in [4.78, 5) is 30.2. The number of benzene rings is 2. The van der Waals surface area contributed by atoms with Crippen LogP contribution in [0.2, 0.25) is 0 Å². The molecule has 5 nitrogen and oxygen atoms in total. The summed E-state index contributed by atoms with van der Waals surface area (Å²) in [5.74, 6) is 0. The maximum Gasteiger partial charge on any atom is 0.260 e. The second kappa shape index (κ2) is 5.92. The van der Waals surface area contributed by atoms with Crippen molar-refractivity contribution in [3.8, 4) is 0 Å². The van der Waals surface area contributed by atoms with Gasteiger partial charge < -0.3 is 8.98 Å². The van der Waals surface area contributed by atoms with Crippen LogP contribution in [0.15, 0.2) is 86.9 Å². The molecule has 130 valence electrons. The maximum absolute atomic E-state index is 12.9. The number of rotatable bonds is 2. The summed E-state index contributed by atoms with van der Waals surface area (Å²) in [6, 6.07) is 20.2. The number of aromatic nitrogens is 2. The van der Waals surface area contributed by atoms with Gasteiger partial charge in [-0.1, -0.05) is 42.5 Å². The fourth-order valence-corrected chi connectivity index (χ4v) is 3.33. The summed E-state index contributed by atoms with van der Waals surface area (Å²) in [5, 5.41) is 1.20. The fourth-order valence-electron chi connectivity index (χ4n) is 3.33. The van der Waals surface area contributed by atoms with E-state index >= 15 is 0 Å². The average molecular weight is 354 g/mol. The van der Waals surface area contributed by atoms with Crippen molar-refractivity contribution in [3.05, 3.63) is 99.1 Å². The van der Waals surface area contributed by atoms with Gasteiger partial charge in [0.05, 0.1) is 28.2 Å². The Morgan fingerprint density at radius 2 is 1.63 bits per heavy atom. The van der Waals surface area contributed by atoms with Crippen molar-refractivity contribution in [2.75, 3.05) is 0 Å². The Morgan fingerprint density at radius 3 is 2.48 bits per heavy atom. The van der Waals surface area contributed by atoms with Gasteiger partial charge in [-0.2, -0.15) is 0 Å². The van der Waals surface area contributed by atoms with E-state index < -0.39 is 0 Å². The molecule has 0 atom stereocenters. The molecule has 0 spiro atoms. The highest BCUT2D eigenvalue weighted by Crippen LogP contribution is 2.20. The first kappa shape index (κ1) is 15.5. The molecule has 5 heteroatoms. The van der Waals surface area contributed by atoms with Gasteiger partial charge in [0.1, 0.15) is 5.58 Å². The lowest BCUT2D eigenvalue weighted by molar-refractivity contribution is 0.646. The number of fused-ring (bicyclic) bond motifs is 3. The molecule has 5 aromatic rings. The Bertz CT molecular complexity index is 1430. The van der Waals surface area contributed by atoms with E-state index in [0.29, 0.717) is 33.8 Å². The lowest BCUT2D eigenvalue weighted by atomic mass is 10.1. The Morgan fingerprint density at radius 1 is 0.852 bits per heavy atom. The molecule has 0 aliphatic carbocycles. The van der Waals surface area contributed by atoms with Crippen molar-refractivity contribution in [2.24, 2.45) is 0 Å². The van der Waals surface area contributed by atoms with Gasteiger partial charge in [0, 0.05) is 6.20 Å². The van der Waals surface area contributed by atoms with Gasteiger partial charge in [0.15, 0.2) is 0 Å². The number of hydrogen-bond acceptors (Lipinski definition) is 4. The van der Waals surface area contributed by atoms with Crippen LogP contribution in [0.4, 0.5) is 0 Å². The van der Waals surface area contributed by atoms with Crippen LogP contribution in [0.25, 0.3) is 33.0 Å². The first-order valence-corrected chi connectivity index (χ1v) is 8.60. The predicted octanol–water partition coefficient (Wildman–Crippen LogP) is 3.70. The predicted molar refractivity (Wildman–Crippen MR) is 105 cm³/mol. The van der Waals surface area contributed by atoms with Crippen LogP contribution in [0.1, 0.15) is 5.56 Å². The highest BCUT2D eigenvalue weighted by atomic mass is 16.3. The van der Waals surface area contributed by atoms with E-state index in [4.69, 9.17) is 4.42 Å². The van der Waals surface area contributed by atoms with E-state index in [2.05, 4.69) is 4.98 Å². The van der Waals surface area contributed by atoms with Crippen molar-refractivity contribution < 1.29 is 4.42 Å². The Labute approximate surface area is 153 Å². The highest BCUT2D eigenvalue weighted by Gasteiger charge is 2.12. The summed E-state index contributed by atoms with van der Waals surface area (Å²) in [7, 11) is 0. The van der Waals surface area contributed by atoms with E-state index in [1.54, 1.807) is 47.2 Å². The van der Waals surface area contributed by atoms with E-state index in [9.17, 15) is 9.59 Å². The van der Waals surface area contributed by atoms with Crippen LogP contribution in [0, 0.1) is 0 Å². The minimum absolute atomic E-state index is 0.181. The molecule has 2 aromatic carbocycles. The third-order valence-electron chi connectivity index (χ3n) is 4.70. The molecule has 0 bridgehead atoms.